The van der Waals surface area contributed by atoms with Crippen LogP contribution in [0.1, 0.15) is 46.5 Å². The Kier molecular flexibility index (Phi) is 4.11. The first-order valence-electron chi connectivity index (χ1n) is 7.03. The van der Waals surface area contributed by atoms with Gasteiger partial charge in [-0.1, -0.05) is 0 Å². The number of ether oxygens (including phenoxy) is 1. The van der Waals surface area contributed by atoms with Crippen LogP contribution in [-0.2, 0) is 4.74 Å². The number of nitrogens with one attached hydrogen (secondary N) is 1. The minimum Gasteiger partial charge on any atom is -0.381 e. The van der Waals surface area contributed by atoms with Crippen molar-refractivity contribution < 1.29 is 4.74 Å². The summed E-state index contributed by atoms with van der Waals surface area (Å²) in [5.74, 6) is 0. The first-order valence-corrected chi connectivity index (χ1v) is 7.03. The standard InChI is InChI=1S/C14H28N2O/c1-14(2,3)16-7-5-11(6-8-16)15-12-9-13(10-12)17-4/h11-13,15H,5-10H2,1-4H3. The van der Waals surface area contributed by atoms with E-state index in [0.717, 1.165) is 6.04 Å². The zero-order valence-electron chi connectivity index (χ0n) is 11.8. The quantitative estimate of drug-likeness (QED) is 0.817. The molecule has 1 heterocycles. The molecule has 0 unspecified atom stereocenters. The molecule has 0 aromatic heterocycles. The van der Waals surface area contributed by atoms with Crippen LogP contribution in [0.15, 0.2) is 0 Å². The molecule has 1 saturated carbocycles. The van der Waals surface area contributed by atoms with Crippen LogP contribution in [0.2, 0.25) is 0 Å². The van der Waals surface area contributed by atoms with Gasteiger partial charge >= 0.3 is 0 Å². The third-order valence-electron chi connectivity index (χ3n) is 4.34. The maximum Gasteiger partial charge on any atom is 0.0601 e. The number of likely N-dealkylation sites (tertiary alicyclic amines) is 1. The van der Waals surface area contributed by atoms with Crippen LogP contribution in [-0.4, -0.2) is 48.8 Å². The molecule has 0 spiro atoms. The van der Waals surface area contributed by atoms with Gasteiger partial charge < -0.3 is 10.1 Å². The topological polar surface area (TPSA) is 24.5 Å². The van der Waals surface area contributed by atoms with E-state index in [-0.39, 0.29) is 0 Å². The summed E-state index contributed by atoms with van der Waals surface area (Å²) in [4.78, 5) is 2.60. The van der Waals surface area contributed by atoms with Crippen molar-refractivity contribution in [3.63, 3.8) is 0 Å². The minimum atomic E-state index is 0.336. The molecule has 1 saturated heterocycles. The molecule has 3 heteroatoms. The number of methoxy groups -OCH3 is 1. The average molecular weight is 240 g/mol. The molecule has 1 aliphatic heterocycles. The second kappa shape index (κ2) is 5.25. The van der Waals surface area contributed by atoms with Crippen molar-refractivity contribution in [1.29, 1.82) is 0 Å². The monoisotopic (exact) mass is 240 g/mol. The Labute approximate surface area is 106 Å². The fourth-order valence-electron chi connectivity index (χ4n) is 2.94. The summed E-state index contributed by atoms with van der Waals surface area (Å²) < 4.78 is 5.32. The van der Waals surface area contributed by atoms with Crippen LogP contribution >= 0.6 is 0 Å². The smallest absolute Gasteiger partial charge is 0.0601 e. The van der Waals surface area contributed by atoms with Gasteiger partial charge in [0.1, 0.15) is 0 Å². The zero-order valence-corrected chi connectivity index (χ0v) is 11.8. The van der Waals surface area contributed by atoms with Crippen molar-refractivity contribution in [3.05, 3.63) is 0 Å². The molecule has 1 aliphatic carbocycles. The fraction of sp³-hybridized carbons (Fsp3) is 1.00. The van der Waals surface area contributed by atoms with E-state index in [9.17, 15) is 0 Å². The Hall–Kier alpha value is -0.120. The van der Waals surface area contributed by atoms with E-state index in [4.69, 9.17) is 4.74 Å². The van der Waals surface area contributed by atoms with E-state index in [1.165, 1.54) is 38.8 Å². The summed E-state index contributed by atoms with van der Waals surface area (Å²) in [6, 6.07) is 1.45. The molecular weight excluding hydrogens is 212 g/mol. The third kappa shape index (κ3) is 3.43. The molecule has 0 aromatic rings. The predicted octanol–water partition coefficient (Wildman–Crippen LogP) is 2.02. The number of piperidine rings is 1. The van der Waals surface area contributed by atoms with Crippen molar-refractivity contribution >= 4 is 0 Å². The lowest BCUT2D eigenvalue weighted by Gasteiger charge is -2.43. The zero-order chi connectivity index (χ0) is 12.5. The highest BCUT2D eigenvalue weighted by molar-refractivity contribution is 4.91. The Bertz CT molecular complexity index is 235. The predicted molar refractivity (Wildman–Crippen MR) is 71.3 cm³/mol. The molecular formula is C14H28N2O. The lowest BCUT2D eigenvalue weighted by molar-refractivity contribution is 0.00898. The number of nitrogens with zero attached hydrogens (tertiary/aromatic N) is 1. The Morgan fingerprint density at radius 1 is 1.06 bits per heavy atom. The maximum absolute atomic E-state index is 5.32. The molecule has 2 fully saturated rings. The van der Waals surface area contributed by atoms with E-state index in [2.05, 4.69) is 31.0 Å². The summed E-state index contributed by atoms with van der Waals surface area (Å²) in [5, 5.41) is 3.78. The number of rotatable bonds is 3. The molecule has 0 bridgehead atoms. The van der Waals surface area contributed by atoms with Gasteiger partial charge in [0.15, 0.2) is 0 Å². The lowest BCUT2D eigenvalue weighted by Crippen LogP contribution is -2.54. The summed E-state index contributed by atoms with van der Waals surface area (Å²) >= 11 is 0. The van der Waals surface area contributed by atoms with Gasteiger partial charge in [0.25, 0.3) is 0 Å². The summed E-state index contributed by atoms with van der Waals surface area (Å²) in [7, 11) is 1.82. The van der Waals surface area contributed by atoms with Crippen LogP contribution in [0.25, 0.3) is 0 Å². The molecule has 0 atom stereocenters. The minimum absolute atomic E-state index is 0.336. The number of hydrogen-bond donors (Lipinski definition) is 1. The fourth-order valence-corrected chi connectivity index (χ4v) is 2.94. The van der Waals surface area contributed by atoms with Crippen LogP contribution in [0.5, 0.6) is 0 Å². The molecule has 0 aromatic carbocycles. The summed E-state index contributed by atoms with van der Waals surface area (Å²) in [6.45, 7) is 9.42. The first-order chi connectivity index (χ1) is 7.99. The highest BCUT2D eigenvalue weighted by Crippen LogP contribution is 2.25. The van der Waals surface area contributed by atoms with Gasteiger partial charge in [0.05, 0.1) is 6.10 Å². The maximum atomic E-state index is 5.32. The molecule has 2 aliphatic rings. The Morgan fingerprint density at radius 3 is 2.12 bits per heavy atom. The van der Waals surface area contributed by atoms with Crippen molar-refractivity contribution in [2.45, 2.75) is 70.2 Å². The molecule has 1 N–H and O–H groups in total. The van der Waals surface area contributed by atoms with Crippen LogP contribution < -0.4 is 5.32 Å². The first kappa shape index (κ1) is 13.3. The highest BCUT2D eigenvalue weighted by atomic mass is 16.5. The molecule has 3 nitrogen and oxygen atoms in total. The highest BCUT2D eigenvalue weighted by Gasteiger charge is 2.32. The van der Waals surface area contributed by atoms with E-state index in [1.807, 2.05) is 7.11 Å². The summed E-state index contributed by atoms with van der Waals surface area (Å²) in [6.07, 6.45) is 5.52. The van der Waals surface area contributed by atoms with Crippen molar-refractivity contribution in [1.82, 2.24) is 10.2 Å². The molecule has 0 amide bonds. The normalized spacial score (nSPS) is 32.5. The van der Waals surface area contributed by atoms with Gasteiger partial charge in [-0.05, 0) is 46.5 Å². The molecule has 0 radical (unpaired) electrons. The average Bonchev–Trinajstić information content (AvgIpc) is 2.22. The molecule has 2 rings (SSSR count). The number of hydrogen-bond acceptors (Lipinski definition) is 3. The van der Waals surface area contributed by atoms with Gasteiger partial charge in [-0.2, -0.15) is 0 Å². The van der Waals surface area contributed by atoms with Gasteiger partial charge in [0.2, 0.25) is 0 Å². The molecule has 100 valence electrons. The Morgan fingerprint density at radius 2 is 1.65 bits per heavy atom. The van der Waals surface area contributed by atoms with E-state index in [0.29, 0.717) is 17.7 Å². The molecule has 17 heavy (non-hydrogen) atoms. The van der Waals surface area contributed by atoms with E-state index >= 15 is 0 Å². The van der Waals surface area contributed by atoms with Gasteiger partial charge in [0, 0.05) is 37.8 Å². The van der Waals surface area contributed by atoms with Crippen LogP contribution in [0.4, 0.5) is 0 Å². The van der Waals surface area contributed by atoms with Gasteiger partial charge in [-0.15, -0.1) is 0 Å². The van der Waals surface area contributed by atoms with Crippen LogP contribution in [0.3, 0.4) is 0 Å². The van der Waals surface area contributed by atoms with Crippen LogP contribution in [0, 0.1) is 0 Å². The van der Waals surface area contributed by atoms with Crippen molar-refractivity contribution in [2.75, 3.05) is 20.2 Å². The lowest BCUT2D eigenvalue weighted by atomic mass is 9.87. The van der Waals surface area contributed by atoms with Gasteiger partial charge in [-0.25, -0.2) is 0 Å². The van der Waals surface area contributed by atoms with Gasteiger partial charge in [-0.3, -0.25) is 4.90 Å². The van der Waals surface area contributed by atoms with E-state index < -0.39 is 0 Å². The van der Waals surface area contributed by atoms with Crippen molar-refractivity contribution in [2.24, 2.45) is 0 Å². The third-order valence-corrected chi connectivity index (χ3v) is 4.34. The SMILES string of the molecule is COC1CC(NC2CCN(C(C)(C)C)CC2)C1. The second-order valence-electron chi connectivity index (χ2n) is 6.62. The summed E-state index contributed by atoms with van der Waals surface area (Å²) in [5.41, 5.74) is 0.336. The van der Waals surface area contributed by atoms with E-state index in [1.54, 1.807) is 0 Å². The largest absolute Gasteiger partial charge is 0.381 e. The Balaban J connectivity index is 1.66. The second-order valence-corrected chi connectivity index (χ2v) is 6.62. The van der Waals surface area contributed by atoms with Crippen molar-refractivity contribution in [3.8, 4) is 0 Å².